The highest BCUT2D eigenvalue weighted by molar-refractivity contribution is 9.10. The highest BCUT2D eigenvalue weighted by Gasteiger charge is 2.42. The minimum Gasteiger partial charge on any atom is -0.490 e. The molecule has 1 saturated heterocycles. The van der Waals surface area contributed by atoms with Crippen molar-refractivity contribution in [1.82, 2.24) is 14.9 Å². The Morgan fingerprint density at radius 1 is 0.889 bits per heavy atom. The monoisotopic (exact) mass is 558 g/mol. The summed E-state index contributed by atoms with van der Waals surface area (Å²) in [4.78, 5) is 6.89. The van der Waals surface area contributed by atoms with Crippen LogP contribution in [0, 0.1) is 0 Å². The predicted molar refractivity (Wildman–Crippen MR) is 151 cm³/mol. The zero-order valence-corrected chi connectivity index (χ0v) is 22.2. The summed E-state index contributed by atoms with van der Waals surface area (Å²) in [6, 6.07) is 26.8. The quantitative estimate of drug-likeness (QED) is 0.255. The van der Waals surface area contributed by atoms with Crippen LogP contribution in [-0.2, 0) is 0 Å². The number of hydrogen-bond acceptors (Lipinski definition) is 3. The van der Waals surface area contributed by atoms with Crippen LogP contribution < -0.4 is 15.0 Å². The van der Waals surface area contributed by atoms with Gasteiger partial charge in [-0.2, -0.15) is 0 Å². The lowest BCUT2D eigenvalue weighted by atomic mass is 10.0. The molecular weight excluding hydrogens is 532 g/mol. The summed E-state index contributed by atoms with van der Waals surface area (Å²) < 4.78 is 9.49. The Bertz CT molecular complexity index is 1330. The summed E-state index contributed by atoms with van der Waals surface area (Å²) in [5.74, 6) is 0.916. The van der Waals surface area contributed by atoms with Crippen LogP contribution >= 0.6 is 28.1 Å². The fourth-order valence-corrected chi connectivity index (χ4v) is 5.90. The number of halogens is 1. The first kappa shape index (κ1) is 23.3. The fourth-order valence-electron chi connectivity index (χ4n) is 5.29. The Balaban J connectivity index is 1.39. The van der Waals surface area contributed by atoms with Crippen molar-refractivity contribution < 1.29 is 4.74 Å². The van der Waals surface area contributed by atoms with E-state index < -0.39 is 0 Å². The molecule has 2 aliphatic rings. The maximum Gasteiger partial charge on any atom is 0.174 e. The molecule has 6 rings (SSSR count). The average Bonchev–Trinajstić information content (AvgIpc) is 3.66. The molecule has 1 saturated carbocycles. The van der Waals surface area contributed by atoms with Crippen molar-refractivity contribution in [2.24, 2.45) is 0 Å². The molecule has 2 aromatic heterocycles. The first-order valence-corrected chi connectivity index (χ1v) is 13.6. The molecule has 0 amide bonds. The molecule has 4 aromatic rings. The van der Waals surface area contributed by atoms with Gasteiger partial charge in [-0.1, -0.05) is 22.0 Å². The van der Waals surface area contributed by atoms with Crippen LogP contribution in [0.1, 0.15) is 49.2 Å². The van der Waals surface area contributed by atoms with Crippen LogP contribution in [0.5, 0.6) is 5.75 Å². The minimum absolute atomic E-state index is 0.0901. The summed E-state index contributed by atoms with van der Waals surface area (Å²) in [7, 11) is 0. The van der Waals surface area contributed by atoms with E-state index in [0.29, 0.717) is 11.2 Å². The second-order valence-electron chi connectivity index (χ2n) is 9.29. The van der Waals surface area contributed by atoms with Crippen LogP contribution in [0.15, 0.2) is 95.7 Å². The summed E-state index contributed by atoms with van der Waals surface area (Å²) in [6.07, 6.45) is 9.07. The van der Waals surface area contributed by atoms with Gasteiger partial charge < -0.3 is 19.5 Å². The second kappa shape index (κ2) is 10.1. The Hall–Kier alpha value is -3.16. The van der Waals surface area contributed by atoms with E-state index in [2.05, 4.69) is 109 Å². The van der Waals surface area contributed by atoms with E-state index in [1.54, 1.807) is 0 Å². The van der Waals surface area contributed by atoms with Crippen molar-refractivity contribution in [3.63, 3.8) is 0 Å². The highest BCUT2D eigenvalue weighted by atomic mass is 79.9. The van der Waals surface area contributed by atoms with Gasteiger partial charge in [0, 0.05) is 33.9 Å². The van der Waals surface area contributed by atoms with Gasteiger partial charge in [0.1, 0.15) is 11.8 Å². The zero-order valence-electron chi connectivity index (χ0n) is 19.8. The third kappa shape index (κ3) is 4.53. The number of rotatable bonds is 6. The maximum atomic E-state index is 6.21. The standard InChI is InChI=1S/C29H27BrN4OS/c30-20-10-12-21(13-11-20)33-19-5-9-26(33)28-27(25-8-3-4-18-31-25)32-29(36)34(28)22-14-16-24(17-15-22)35-23-6-1-2-7-23/h3-5,8-19,23,27-28H,1-2,6-7H2,(H,32,36)/t27-,28-/m0/s1. The molecule has 1 aliphatic heterocycles. The van der Waals surface area contributed by atoms with Crippen LogP contribution in [0.3, 0.4) is 0 Å². The average molecular weight is 560 g/mol. The van der Waals surface area contributed by atoms with E-state index >= 15 is 0 Å². The molecule has 5 nitrogen and oxygen atoms in total. The lowest BCUT2D eigenvalue weighted by Crippen LogP contribution is -2.30. The SMILES string of the molecule is S=C1N[C@@H](c2ccccn2)[C@H](c2cccn2-c2ccc(Br)cc2)N1c1ccc(OC2CCCC2)cc1. The summed E-state index contributed by atoms with van der Waals surface area (Å²) >= 11 is 9.47. The molecule has 0 unspecified atom stereocenters. The van der Waals surface area contributed by atoms with Gasteiger partial charge in [-0.05, 0) is 111 Å². The first-order valence-electron chi connectivity index (χ1n) is 12.4. The van der Waals surface area contributed by atoms with Crippen molar-refractivity contribution in [3.05, 3.63) is 107 Å². The number of pyridine rings is 1. The molecule has 1 N–H and O–H groups in total. The Morgan fingerprint density at radius 3 is 2.36 bits per heavy atom. The number of benzene rings is 2. The normalized spacial score (nSPS) is 20.0. The Labute approximate surface area is 225 Å². The van der Waals surface area contributed by atoms with Gasteiger partial charge in [0.15, 0.2) is 5.11 Å². The summed E-state index contributed by atoms with van der Waals surface area (Å²) in [5, 5.41) is 4.24. The lowest BCUT2D eigenvalue weighted by molar-refractivity contribution is 0.210. The van der Waals surface area contributed by atoms with Crippen molar-refractivity contribution in [2.45, 2.75) is 43.9 Å². The smallest absolute Gasteiger partial charge is 0.174 e. The minimum atomic E-state index is -0.0998. The van der Waals surface area contributed by atoms with Crippen LogP contribution in [-0.4, -0.2) is 20.8 Å². The van der Waals surface area contributed by atoms with E-state index in [-0.39, 0.29) is 12.1 Å². The molecule has 36 heavy (non-hydrogen) atoms. The number of anilines is 1. The lowest BCUT2D eigenvalue weighted by Gasteiger charge is -2.29. The molecule has 0 bridgehead atoms. The van der Waals surface area contributed by atoms with Crippen LogP contribution in [0.25, 0.3) is 5.69 Å². The van der Waals surface area contributed by atoms with E-state index in [0.717, 1.165) is 45.8 Å². The van der Waals surface area contributed by atoms with Gasteiger partial charge in [0.05, 0.1) is 17.8 Å². The van der Waals surface area contributed by atoms with Crippen LogP contribution in [0.4, 0.5) is 5.69 Å². The molecule has 1 aliphatic carbocycles. The van der Waals surface area contributed by atoms with Gasteiger partial charge in [-0.15, -0.1) is 0 Å². The molecule has 2 aromatic carbocycles. The topological polar surface area (TPSA) is 42.3 Å². The van der Waals surface area contributed by atoms with Gasteiger partial charge >= 0.3 is 0 Å². The van der Waals surface area contributed by atoms with Crippen molar-refractivity contribution in [3.8, 4) is 11.4 Å². The van der Waals surface area contributed by atoms with Crippen molar-refractivity contribution >= 4 is 38.9 Å². The summed E-state index contributed by atoms with van der Waals surface area (Å²) in [6.45, 7) is 0. The summed E-state index contributed by atoms with van der Waals surface area (Å²) in [5.41, 5.74) is 4.21. The number of nitrogens with one attached hydrogen (secondary N) is 1. The molecule has 7 heteroatoms. The predicted octanol–water partition coefficient (Wildman–Crippen LogP) is 7.13. The van der Waals surface area contributed by atoms with E-state index in [4.69, 9.17) is 17.0 Å². The number of nitrogens with zero attached hydrogens (tertiary/aromatic N) is 3. The van der Waals surface area contributed by atoms with Gasteiger partial charge in [0.2, 0.25) is 0 Å². The molecule has 0 radical (unpaired) electrons. The first-order chi connectivity index (χ1) is 17.7. The second-order valence-corrected chi connectivity index (χ2v) is 10.6. The molecule has 3 heterocycles. The van der Waals surface area contributed by atoms with Crippen molar-refractivity contribution in [1.29, 1.82) is 0 Å². The van der Waals surface area contributed by atoms with E-state index in [1.807, 2.05) is 18.3 Å². The third-order valence-corrected chi connectivity index (χ3v) is 7.85. The Morgan fingerprint density at radius 2 is 1.64 bits per heavy atom. The van der Waals surface area contributed by atoms with E-state index in [9.17, 15) is 0 Å². The molecule has 2 atom stereocenters. The van der Waals surface area contributed by atoms with E-state index in [1.165, 1.54) is 12.8 Å². The van der Waals surface area contributed by atoms with Crippen molar-refractivity contribution in [2.75, 3.05) is 4.90 Å². The molecule has 182 valence electrons. The molecular formula is C29H27BrN4OS. The third-order valence-electron chi connectivity index (χ3n) is 7.01. The number of hydrogen-bond donors (Lipinski definition) is 1. The van der Waals surface area contributed by atoms with Gasteiger partial charge in [0.25, 0.3) is 0 Å². The fraction of sp³-hybridized carbons (Fsp3) is 0.241. The number of thiocarbonyl (C=S) groups is 1. The largest absolute Gasteiger partial charge is 0.490 e. The van der Waals surface area contributed by atoms with Gasteiger partial charge in [-0.25, -0.2) is 0 Å². The molecule has 2 fully saturated rings. The number of aromatic nitrogens is 2. The number of ether oxygens (including phenoxy) is 1. The highest BCUT2D eigenvalue weighted by Crippen LogP contribution is 2.42. The maximum absolute atomic E-state index is 6.21. The van der Waals surface area contributed by atoms with Crippen LogP contribution in [0.2, 0.25) is 0 Å². The zero-order chi connectivity index (χ0) is 24.5. The molecule has 0 spiro atoms. The Kier molecular flexibility index (Phi) is 6.50. The van der Waals surface area contributed by atoms with Gasteiger partial charge in [-0.3, -0.25) is 4.98 Å².